The molecule has 4 nitrogen and oxygen atoms in total. The van der Waals surface area contributed by atoms with Crippen LogP contribution in [0.25, 0.3) is 5.69 Å². The van der Waals surface area contributed by atoms with Gasteiger partial charge in [-0.15, -0.1) is 0 Å². The van der Waals surface area contributed by atoms with E-state index in [-0.39, 0.29) is 17.8 Å². The van der Waals surface area contributed by atoms with Crippen molar-refractivity contribution in [2.45, 2.75) is 31.2 Å². The van der Waals surface area contributed by atoms with E-state index in [0.29, 0.717) is 0 Å². The number of aromatic nitrogens is 2. The molecule has 2 aromatic carbocycles. The molecular formula is C21H20FN3O. The van der Waals surface area contributed by atoms with E-state index in [1.165, 1.54) is 12.1 Å². The van der Waals surface area contributed by atoms with Crippen molar-refractivity contribution in [3.05, 3.63) is 84.2 Å². The van der Waals surface area contributed by atoms with E-state index in [1.54, 1.807) is 24.7 Å². The number of hydrogen-bond acceptors (Lipinski definition) is 2. The molecule has 1 N–H and O–H groups in total. The summed E-state index contributed by atoms with van der Waals surface area (Å²) < 4.78 is 15.1. The van der Waals surface area contributed by atoms with Gasteiger partial charge in [-0.2, -0.15) is 0 Å². The number of rotatable bonds is 5. The molecule has 26 heavy (non-hydrogen) atoms. The van der Waals surface area contributed by atoms with Crippen molar-refractivity contribution in [3.8, 4) is 5.69 Å². The van der Waals surface area contributed by atoms with Crippen LogP contribution in [0.15, 0.2) is 67.3 Å². The number of imidazole rings is 1. The zero-order valence-corrected chi connectivity index (χ0v) is 14.5. The number of halogens is 1. The largest absolute Gasteiger partial charge is 0.349 e. The van der Waals surface area contributed by atoms with Gasteiger partial charge in [0.25, 0.3) is 0 Å². The third-order valence-electron chi connectivity index (χ3n) is 5.12. The van der Waals surface area contributed by atoms with Crippen LogP contribution in [0, 0.1) is 5.82 Å². The maximum Gasteiger partial charge on any atom is 0.231 e. The van der Waals surface area contributed by atoms with Crippen LogP contribution in [-0.2, 0) is 10.2 Å². The Kier molecular flexibility index (Phi) is 4.07. The Morgan fingerprint density at radius 1 is 1.15 bits per heavy atom. The highest BCUT2D eigenvalue weighted by atomic mass is 19.1. The molecule has 5 heteroatoms. The van der Waals surface area contributed by atoms with Crippen LogP contribution >= 0.6 is 0 Å². The average molecular weight is 349 g/mol. The molecule has 132 valence electrons. The topological polar surface area (TPSA) is 46.9 Å². The fourth-order valence-electron chi connectivity index (χ4n) is 3.31. The van der Waals surface area contributed by atoms with E-state index < -0.39 is 5.41 Å². The fourth-order valence-corrected chi connectivity index (χ4v) is 3.31. The highest BCUT2D eigenvalue weighted by Gasteiger charge is 2.51. The Hall–Kier alpha value is -2.95. The molecule has 0 aliphatic heterocycles. The van der Waals surface area contributed by atoms with Crippen LogP contribution in [-0.4, -0.2) is 15.5 Å². The van der Waals surface area contributed by atoms with Gasteiger partial charge in [0.15, 0.2) is 0 Å². The molecule has 1 atom stereocenters. The molecule has 0 bridgehead atoms. The van der Waals surface area contributed by atoms with E-state index in [9.17, 15) is 9.18 Å². The number of nitrogens with zero attached hydrogens (tertiary/aromatic N) is 2. The van der Waals surface area contributed by atoms with Gasteiger partial charge in [0.05, 0.1) is 17.8 Å². The zero-order chi connectivity index (χ0) is 18.1. The first-order valence-electron chi connectivity index (χ1n) is 8.74. The lowest BCUT2D eigenvalue weighted by atomic mass is 9.94. The van der Waals surface area contributed by atoms with Crippen molar-refractivity contribution in [3.63, 3.8) is 0 Å². The van der Waals surface area contributed by atoms with Gasteiger partial charge in [-0.1, -0.05) is 24.3 Å². The molecule has 0 spiro atoms. The second kappa shape index (κ2) is 6.41. The van der Waals surface area contributed by atoms with Gasteiger partial charge in [-0.3, -0.25) is 4.79 Å². The first kappa shape index (κ1) is 16.5. The summed E-state index contributed by atoms with van der Waals surface area (Å²) in [5.41, 5.74) is 2.45. The molecule has 0 radical (unpaired) electrons. The van der Waals surface area contributed by atoms with Crippen LogP contribution < -0.4 is 5.32 Å². The van der Waals surface area contributed by atoms with Gasteiger partial charge in [0, 0.05) is 18.1 Å². The van der Waals surface area contributed by atoms with Crippen molar-refractivity contribution >= 4 is 5.91 Å². The molecule has 1 aromatic heterocycles. The SMILES string of the molecule is C[C@H](NC(=O)C1(c2ccc(F)cc2)CC1)c1ccc(-n2ccnc2)cc1. The van der Waals surface area contributed by atoms with Crippen molar-refractivity contribution in [1.29, 1.82) is 0 Å². The lowest BCUT2D eigenvalue weighted by molar-refractivity contribution is -0.124. The molecule has 0 saturated heterocycles. The Morgan fingerprint density at radius 2 is 1.85 bits per heavy atom. The molecule has 1 aliphatic rings. The number of hydrogen-bond donors (Lipinski definition) is 1. The molecule has 1 aliphatic carbocycles. The van der Waals surface area contributed by atoms with E-state index >= 15 is 0 Å². The predicted octanol–water partition coefficient (Wildman–Crippen LogP) is 3.92. The summed E-state index contributed by atoms with van der Waals surface area (Å²) in [5, 5.41) is 3.11. The minimum atomic E-state index is -0.501. The second-order valence-electron chi connectivity index (χ2n) is 6.85. The van der Waals surface area contributed by atoms with Crippen LogP contribution in [0.1, 0.15) is 36.9 Å². The van der Waals surface area contributed by atoms with E-state index in [0.717, 1.165) is 29.7 Å². The lowest BCUT2D eigenvalue weighted by Crippen LogP contribution is -2.36. The first-order valence-corrected chi connectivity index (χ1v) is 8.74. The summed E-state index contributed by atoms with van der Waals surface area (Å²) in [6.07, 6.45) is 6.98. The lowest BCUT2D eigenvalue weighted by Gasteiger charge is -2.20. The summed E-state index contributed by atoms with van der Waals surface area (Å²) in [6, 6.07) is 14.2. The average Bonchev–Trinajstić information content (AvgIpc) is 3.29. The highest BCUT2D eigenvalue weighted by Crippen LogP contribution is 2.48. The molecular weight excluding hydrogens is 329 g/mol. The van der Waals surface area contributed by atoms with Gasteiger partial charge in [-0.25, -0.2) is 9.37 Å². The van der Waals surface area contributed by atoms with E-state index in [4.69, 9.17) is 0 Å². The smallest absolute Gasteiger partial charge is 0.231 e. The Bertz CT molecular complexity index is 897. The van der Waals surface area contributed by atoms with Gasteiger partial charge < -0.3 is 9.88 Å². The molecule has 1 fully saturated rings. The number of nitrogens with one attached hydrogen (secondary N) is 1. The normalized spacial score (nSPS) is 16.1. The Balaban J connectivity index is 1.46. The monoisotopic (exact) mass is 349 g/mol. The molecule has 1 saturated carbocycles. The molecule has 1 heterocycles. The number of carbonyl (C=O) groups excluding carboxylic acids is 1. The summed E-state index contributed by atoms with van der Waals surface area (Å²) in [4.78, 5) is 16.9. The van der Waals surface area contributed by atoms with Crippen molar-refractivity contribution in [2.75, 3.05) is 0 Å². The van der Waals surface area contributed by atoms with Crippen LogP contribution in [0.4, 0.5) is 4.39 Å². The van der Waals surface area contributed by atoms with Crippen LogP contribution in [0.5, 0.6) is 0 Å². The van der Waals surface area contributed by atoms with E-state index in [1.807, 2.05) is 42.0 Å². The number of benzene rings is 2. The standard InChI is InChI=1S/C21H20FN3O/c1-15(16-2-8-19(9-3-16)25-13-12-23-14-25)24-20(26)21(10-11-21)17-4-6-18(22)7-5-17/h2-9,12-15H,10-11H2,1H3,(H,24,26)/t15-/m0/s1. The summed E-state index contributed by atoms with van der Waals surface area (Å²) >= 11 is 0. The zero-order valence-electron chi connectivity index (χ0n) is 14.5. The minimum Gasteiger partial charge on any atom is -0.349 e. The maximum absolute atomic E-state index is 13.2. The second-order valence-corrected chi connectivity index (χ2v) is 6.85. The molecule has 0 unspecified atom stereocenters. The van der Waals surface area contributed by atoms with Gasteiger partial charge in [-0.05, 0) is 55.2 Å². The van der Waals surface area contributed by atoms with E-state index in [2.05, 4.69) is 10.3 Å². The van der Waals surface area contributed by atoms with Gasteiger partial charge in [0.2, 0.25) is 5.91 Å². The molecule has 1 amide bonds. The third kappa shape index (κ3) is 3.01. The third-order valence-corrected chi connectivity index (χ3v) is 5.12. The Labute approximate surface area is 151 Å². The quantitative estimate of drug-likeness (QED) is 0.759. The number of amides is 1. The van der Waals surface area contributed by atoms with Crippen LogP contribution in [0.3, 0.4) is 0 Å². The molecule has 3 aromatic rings. The van der Waals surface area contributed by atoms with Gasteiger partial charge >= 0.3 is 0 Å². The molecule has 4 rings (SSSR count). The maximum atomic E-state index is 13.2. The predicted molar refractivity (Wildman–Crippen MR) is 97.4 cm³/mol. The summed E-state index contributed by atoms with van der Waals surface area (Å²) in [7, 11) is 0. The number of carbonyl (C=O) groups is 1. The van der Waals surface area contributed by atoms with Crippen molar-refractivity contribution < 1.29 is 9.18 Å². The summed E-state index contributed by atoms with van der Waals surface area (Å²) in [5.74, 6) is -0.272. The Morgan fingerprint density at radius 3 is 2.42 bits per heavy atom. The fraction of sp³-hybridized carbons (Fsp3) is 0.238. The first-order chi connectivity index (χ1) is 12.6. The summed E-state index contributed by atoms with van der Waals surface area (Å²) in [6.45, 7) is 1.98. The van der Waals surface area contributed by atoms with Gasteiger partial charge in [0.1, 0.15) is 5.82 Å². The minimum absolute atomic E-state index is 0.00953. The van der Waals surface area contributed by atoms with Crippen molar-refractivity contribution in [1.82, 2.24) is 14.9 Å². The highest BCUT2D eigenvalue weighted by molar-refractivity contribution is 5.91. The van der Waals surface area contributed by atoms with Crippen molar-refractivity contribution in [2.24, 2.45) is 0 Å². The van der Waals surface area contributed by atoms with Crippen LogP contribution in [0.2, 0.25) is 0 Å².